The number of nitrogens with zero attached hydrogens (tertiary/aromatic N) is 1. The molecule has 86 valence electrons. The molecule has 0 aromatic heterocycles. The smallest absolute Gasteiger partial charge is 0.227 e. The molecule has 2 atom stereocenters. The van der Waals surface area contributed by atoms with Gasteiger partial charge in [0.25, 0.3) is 0 Å². The molecule has 2 fully saturated rings. The summed E-state index contributed by atoms with van der Waals surface area (Å²) >= 11 is 0. The number of nitrogens with one attached hydrogen (secondary N) is 2. The highest BCUT2D eigenvalue weighted by atomic mass is 16.2. The van der Waals surface area contributed by atoms with E-state index in [1.807, 2.05) is 4.90 Å². The zero-order valence-electron chi connectivity index (χ0n) is 9.46. The highest BCUT2D eigenvalue weighted by Gasteiger charge is 2.28. The van der Waals surface area contributed by atoms with E-state index < -0.39 is 0 Å². The highest BCUT2D eigenvalue weighted by Crippen LogP contribution is 2.14. The Morgan fingerprint density at radius 2 is 2.27 bits per heavy atom. The lowest BCUT2D eigenvalue weighted by atomic mass is 9.97. The molecule has 0 spiro atoms. The maximum absolute atomic E-state index is 12.2. The van der Waals surface area contributed by atoms with Gasteiger partial charge in [0.1, 0.15) is 0 Å². The maximum Gasteiger partial charge on any atom is 0.227 e. The summed E-state index contributed by atoms with van der Waals surface area (Å²) in [5.74, 6) is 0.583. The van der Waals surface area contributed by atoms with Crippen molar-refractivity contribution in [1.82, 2.24) is 15.5 Å². The molecule has 0 aromatic rings. The van der Waals surface area contributed by atoms with E-state index in [0.29, 0.717) is 11.9 Å². The number of carbonyl (C=O) groups excluding carboxylic acids is 1. The van der Waals surface area contributed by atoms with Gasteiger partial charge in [-0.25, -0.2) is 0 Å². The van der Waals surface area contributed by atoms with Gasteiger partial charge in [0.15, 0.2) is 0 Å². The number of hydrogen-bond donors (Lipinski definition) is 2. The average Bonchev–Trinajstić information content (AvgIpc) is 2.29. The Kier molecular flexibility index (Phi) is 3.59. The van der Waals surface area contributed by atoms with Gasteiger partial charge in [0, 0.05) is 32.2 Å². The molecule has 1 amide bonds. The predicted octanol–water partition coefficient (Wildman–Crippen LogP) is -0.194. The molecule has 0 aliphatic carbocycles. The van der Waals surface area contributed by atoms with E-state index in [1.165, 1.54) is 0 Å². The normalized spacial score (nSPS) is 32.7. The first-order valence-corrected chi connectivity index (χ1v) is 6.00. The monoisotopic (exact) mass is 211 g/mol. The standard InChI is InChI=1S/C11H21N3O/c1-9-8-14(6-5-13-9)11(15)10-3-2-4-12-7-10/h9-10,12-13H,2-8H2,1H3. The minimum absolute atomic E-state index is 0.226. The Labute approximate surface area is 91.4 Å². The Balaban J connectivity index is 1.88. The fourth-order valence-corrected chi connectivity index (χ4v) is 2.45. The second kappa shape index (κ2) is 4.94. The van der Waals surface area contributed by atoms with Crippen molar-refractivity contribution in [2.45, 2.75) is 25.8 Å². The van der Waals surface area contributed by atoms with Crippen LogP contribution in [0, 0.1) is 5.92 Å². The number of rotatable bonds is 1. The van der Waals surface area contributed by atoms with E-state index in [2.05, 4.69) is 17.6 Å². The second-order valence-electron chi connectivity index (χ2n) is 4.68. The topological polar surface area (TPSA) is 44.4 Å². The highest BCUT2D eigenvalue weighted by molar-refractivity contribution is 5.79. The third-order valence-electron chi connectivity index (χ3n) is 3.33. The first kappa shape index (κ1) is 10.9. The predicted molar refractivity (Wildman–Crippen MR) is 59.6 cm³/mol. The van der Waals surface area contributed by atoms with Crippen LogP contribution in [0.2, 0.25) is 0 Å². The van der Waals surface area contributed by atoms with E-state index in [9.17, 15) is 4.79 Å². The Hall–Kier alpha value is -0.610. The molecular formula is C11H21N3O. The fourth-order valence-electron chi connectivity index (χ4n) is 2.45. The lowest BCUT2D eigenvalue weighted by molar-refractivity contribution is -0.137. The van der Waals surface area contributed by atoms with Crippen LogP contribution in [0.1, 0.15) is 19.8 Å². The zero-order valence-corrected chi connectivity index (χ0v) is 9.46. The van der Waals surface area contributed by atoms with Gasteiger partial charge in [0.2, 0.25) is 5.91 Å². The number of piperazine rings is 1. The van der Waals surface area contributed by atoms with Crippen LogP contribution < -0.4 is 10.6 Å². The van der Waals surface area contributed by atoms with Crippen molar-refractivity contribution in [2.75, 3.05) is 32.7 Å². The van der Waals surface area contributed by atoms with Crippen LogP contribution in [-0.2, 0) is 4.79 Å². The first-order chi connectivity index (χ1) is 7.27. The van der Waals surface area contributed by atoms with Gasteiger partial charge >= 0.3 is 0 Å². The molecule has 4 nitrogen and oxygen atoms in total. The maximum atomic E-state index is 12.2. The fraction of sp³-hybridized carbons (Fsp3) is 0.909. The molecule has 2 heterocycles. The Morgan fingerprint density at radius 3 is 2.93 bits per heavy atom. The van der Waals surface area contributed by atoms with Gasteiger partial charge < -0.3 is 15.5 Å². The number of piperidine rings is 1. The van der Waals surface area contributed by atoms with Gasteiger partial charge in [-0.2, -0.15) is 0 Å². The third kappa shape index (κ3) is 2.69. The van der Waals surface area contributed by atoms with Crippen molar-refractivity contribution in [2.24, 2.45) is 5.92 Å². The van der Waals surface area contributed by atoms with Crippen molar-refractivity contribution in [1.29, 1.82) is 0 Å². The van der Waals surface area contributed by atoms with Gasteiger partial charge in [-0.05, 0) is 26.3 Å². The van der Waals surface area contributed by atoms with E-state index in [1.54, 1.807) is 0 Å². The SMILES string of the molecule is CC1CN(C(=O)C2CCCNC2)CCN1. The molecule has 2 aliphatic heterocycles. The minimum Gasteiger partial charge on any atom is -0.340 e. The summed E-state index contributed by atoms with van der Waals surface area (Å²) in [5, 5.41) is 6.66. The average molecular weight is 211 g/mol. The van der Waals surface area contributed by atoms with Gasteiger partial charge in [-0.15, -0.1) is 0 Å². The molecule has 0 aromatic carbocycles. The molecule has 0 saturated carbocycles. The minimum atomic E-state index is 0.226. The van der Waals surface area contributed by atoms with E-state index >= 15 is 0 Å². The molecule has 2 rings (SSSR count). The summed E-state index contributed by atoms with van der Waals surface area (Å²) in [6, 6.07) is 0.444. The van der Waals surface area contributed by atoms with Crippen molar-refractivity contribution in [3.63, 3.8) is 0 Å². The van der Waals surface area contributed by atoms with Crippen molar-refractivity contribution in [3.05, 3.63) is 0 Å². The van der Waals surface area contributed by atoms with E-state index in [0.717, 1.165) is 45.6 Å². The van der Waals surface area contributed by atoms with Crippen molar-refractivity contribution < 1.29 is 4.79 Å². The van der Waals surface area contributed by atoms with Crippen LogP contribution in [0.3, 0.4) is 0 Å². The van der Waals surface area contributed by atoms with Crippen LogP contribution >= 0.6 is 0 Å². The zero-order chi connectivity index (χ0) is 10.7. The Morgan fingerprint density at radius 1 is 1.40 bits per heavy atom. The summed E-state index contributed by atoms with van der Waals surface area (Å²) in [6.45, 7) is 6.76. The third-order valence-corrected chi connectivity index (χ3v) is 3.33. The molecule has 2 unspecified atom stereocenters. The molecular weight excluding hydrogens is 190 g/mol. The number of amides is 1. The van der Waals surface area contributed by atoms with Crippen LogP contribution in [0.4, 0.5) is 0 Å². The van der Waals surface area contributed by atoms with Crippen LogP contribution in [-0.4, -0.2) is 49.6 Å². The van der Waals surface area contributed by atoms with E-state index in [4.69, 9.17) is 0 Å². The summed E-state index contributed by atoms with van der Waals surface area (Å²) < 4.78 is 0. The molecule has 0 radical (unpaired) electrons. The van der Waals surface area contributed by atoms with Gasteiger partial charge in [-0.1, -0.05) is 0 Å². The quantitative estimate of drug-likeness (QED) is 0.632. The van der Waals surface area contributed by atoms with Gasteiger partial charge in [0.05, 0.1) is 5.92 Å². The largest absolute Gasteiger partial charge is 0.340 e. The van der Waals surface area contributed by atoms with Gasteiger partial charge in [-0.3, -0.25) is 4.79 Å². The summed E-state index contributed by atoms with van der Waals surface area (Å²) in [7, 11) is 0. The molecule has 15 heavy (non-hydrogen) atoms. The second-order valence-corrected chi connectivity index (χ2v) is 4.68. The van der Waals surface area contributed by atoms with Crippen LogP contribution in [0.5, 0.6) is 0 Å². The van der Waals surface area contributed by atoms with Crippen molar-refractivity contribution in [3.8, 4) is 0 Å². The summed E-state index contributed by atoms with van der Waals surface area (Å²) in [5.41, 5.74) is 0. The van der Waals surface area contributed by atoms with E-state index in [-0.39, 0.29) is 5.92 Å². The first-order valence-electron chi connectivity index (χ1n) is 6.00. The summed E-state index contributed by atoms with van der Waals surface area (Å²) in [6.07, 6.45) is 2.20. The van der Waals surface area contributed by atoms with Crippen LogP contribution in [0.25, 0.3) is 0 Å². The molecule has 4 heteroatoms. The molecule has 0 bridgehead atoms. The van der Waals surface area contributed by atoms with Crippen LogP contribution in [0.15, 0.2) is 0 Å². The lowest BCUT2D eigenvalue weighted by Crippen LogP contribution is -2.54. The number of hydrogen-bond acceptors (Lipinski definition) is 3. The Bertz CT molecular complexity index is 226. The lowest BCUT2D eigenvalue weighted by Gasteiger charge is -2.35. The molecule has 2 N–H and O–H groups in total. The summed E-state index contributed by atoms with van der Waals surface area (Å²) in [4.78, 5) is 14.2. The molecule has 2 saturated heterocycles. The molecule has 2 aliphatic rings. The van der Waals surface area contributed by atoms with Crippen molar-refractivity contribution >= 4 is 5.91 Å². The number of carbonyl (C=O) groups is 1.